The fraction of sp³-hybridized carbons (Fsp3) is 0.100. The van der Waals surface area contributed by atoms with E-state index < -0.39 is 0 Å². The molecule has 0 saturated carbocycles. The van der Waals surface area contributed by atoms with Crippen LogP contribution in [-0.4, -0.2) is 0 Å². The Morgan fingerprint density at radius 2 is 2.29 bits per heavy atom. The first kappa shape index (κ1) is 9.63. The molecule has 4 heteroatoms. The van der Waals surface area contributed by atoms with Crippen LogP contribution >= 0.6 is 27.3 Å². The van der Waals surface area contributed by atoms with Crippen LogP contribution in [0.25, 0.3) is 10.1 Å². The molecule has 0 aliphatic carbocycles. The van der Waals surface area contributed by atoms with Crippen LogP contribution in [0.1, 0.15) is 4.88 Å². The zero-order valence-electron chi connectivity index (χ0n) is 7.05. The highest BCUT2D eigenvalue weighted by molar-refractivity contribution is 9.10. The number of hydrogen-bond acceptors (Lipinski definition) is 2. The molecule has 0 saturated heterocycles. The van der Waals surface area contributed by atoms with E-state index >= 15 is 0 Å². The molecule has 0 spiro atoms. The molecule has 1 nitrogen and oxygen atoms in total. The second kappa shape index (κ2) is 3.68. The van der Waals surface area contributed by atoms with E-state index in [2.05, 4.69) is 15.9 Å². The Morgan fingerprint density at radius 3 is 2.93 bits per heavy atom. The van der Waals surface area contributed by atoms with Gasteiger partial charge < -0.3 is 0 Å². The summed E-state index contributed by atoms with van der Waals surface area (Å²) >= 11 is 4.63. The van der Waals surface area contributed by atoms with Gasteiger partial charge in [0.1, 0.15) is 5.82 Å². The van der Waals surface area contributed by atoms with Gasteiger partial charge in [0.25, 0.3) is 0 Å². The third-order valence-corrected chi connectivity index (χ3v) is 3.70. The monoisotopic (exact) mass is 269 g/mol. The molecule has 1 heterocycles. The van der Waals surface area contributed by atoms with Crippen LogP contribution in [0.5, 0.6) is 0 Å². The molecule has 0 aliphatic heterocycles. The molecule has 14 heavy (non-hydrogen) atoms. The quantitative estimate of drug-likeness (QED) is 0.771. The Labute approximate surface area is 92.9 Å². The molecule has 0 amide bonds. The van der Waals surface area contributed by atoms with Gasteiger partial charge in [-0.1, -0.05) is 22.0 Å². The number of nitrogens with zero attached hydrogens (tertiary/aromatic N) is 1. The van der Waals surface area contributed by atoms with Crippen molar-refractivity contribution >= 4 is 37.4 Å². The molecule has 2 rings (SSSR count). The number of nitriles is 1. The number of fused-ring (bicyclic) bond motifs is 1. The fourth-order valence-electron chi connectivity index (χ4n) is 1.30. The predicted molar refractivity (Wildman–Crippen MR) is 58.8 cm³/mol. The fourth-order valence-corrected chi connectivity index (χ4v) is 3.02. The molecule has 0 radical (unpaired) electrons. The van der Waals surface area contributed by atoms with Crippen LogP contribution in [0.15, 0.2) is 22.7 Å². The molecule has 0 N–H and O–H groups in total. The molecule has 1 aromatic heterocycles. The third kappa shape index (κ3) is 1.43. The first-order valence-electron chi connectivity index (χ1n) is 3.96. The van der Waals surface area contributed by atoms with Crippen LogP contribution in [-0.2, 0) is 6.42 Å². The van der Waals surface area contributed by atoms with E-state index in [-0.39, 0.29) is 12.2 Å². The summed E-state index contributed by atoms with van der Waals surface area (Å²) in [5.74, 6) is -0.265. The molecule has 0 aliphatic rings. The lowest BCUT2D eigenvalue weighted by atomic mass is 10.2. The summed E-state index contributed by atoms with van der Waals surface area (Å²) in [7, 11) is 0. The highest BCUT2D eigenvalue weighted by atomic mass is 79.9. The van der Waals surface area contributed by atoms with E-state index in [0.717, 1.165) is 9.17 Å². The molecule has 0 atom stereocenters. The minimum Gasteiger partial charge on any atom is -0.205 e. The van der Waals surface area contributed by atoms with Crippen LogP contribution < -0.4 is 0 Å². The summed E-state index contributed by atoms with van der Waals surface area (Å²) in [6.07, 6.45) is 0.137. The summed E-state index contributed by atoms with van der Waals surface area (Å²) in [6, 6.07) is 7.48. The number of rotatable bonds is 1. The van der Waals surface area contributed by atoms with Crippen molar-refractivity contribution in [3.8, 4) is 6.07 Å². The number of halogens is 2. The molecular formula is C10H5BrFNS. The Balaban J connectivity index is 2.75. The third-order valence-electron chi connectivity index (χ3n) is 1.91. The van der Waals surface area contributed by atoms with Crippen molar-refractivity contribution in [3.63, 3.8) is 0 Å². The molecule has 0 fully saturated rings. The minimum atomic E-state index is -0.265. The molecule has 0 bridgehead atoms. The summed E-state index contributed by atoms with van der Waals surface area (Å²) in [5, 5.41) is 9.10. The lowest BCUT2D eigenvalue weighted by molar-refractivity contribution is 0.633. The lowest BCUT2D eigenvalue weighted by Gasteiger charge is -1.92. The zero-order valence-corrected chi connectivity index (χ0v) is 9.45. The average molecular weight is 270 g/mol. The molecule has 0 unspecified atom stereocenters. The minimum absolute atomic E-state index is 0.137. The number of hydrogen-bond donors (Lipinski definition) is 0. The maximum Gasteiger partial charge on any atom is 0.147 e. The van der Waals surface area contributed by atoms with Gasteiger partial charge in [-0.25, -0.2) is 4.39 Å². The van der Waals surface area contributed by atoms with Gasteiger partial charge in [0.05, 0.1) is 17.4 Å². The summed E-state index contributed by atoms with van der Waals surface area (Å²) in [5.41, 5.74) is 0. The van der Waals surface area contributed by atoms with Gasteiger partial charge in [-0.2, -0.15) is 5.26 Å². The Bertz CT molecular complexity index is 527. The Morgan fingerprint density at radius 1 is 1.50 bits per heavy atom. The van der Waals surface area contributed by atoms with Crippen LogP contribution in [0.2, 0.25) is 0 Å². The molecular weight excluding hydrogens is 265 g/mol. The smallest absolute Gasteiger partial charge is 0.147 e. The Hall–Kier alpha value is -0.920. The maximum absolute atomic E-state index is 13.7. The lowest BCUT2D eigenvalue weighted by Crippen LogP contribution is -1.80. The van der Waals surface area contributed by atoms with E-state index in [0.29, 0.717) is 10.3 Å². The highest BCUT2D eigenvalue weighted by Gasteiger charge is 2.13. The summed E-state index contributed by atoms with van der Waals surface area (Å²) < 4.78 is 15.3. The topological polar surface area (TPSA) is 23.8 Å². The van der Waals surface area contributed by atoms with Gasteiger partial charge in [0.15, 0.2) is 0 Å². The normalized spacial score (nSPS) is 10.4. The second-order valence-electron chi connectivity index (χ2n) is 2.79. The van der Waals surface area contributed by atoms with Gasteiger partial charge in [0.2, 0.25) is 0 Å². The number of thiophene rings is 1. The predicted octanol–water partition coefficient (Wildman–Crippen LogP) is 3.87. The van der Waals surface area contributed by atoms with E-state index in [1.807, 2.05) is 18.2 Å². The van der Waals surface area contributed by atoms with E-state index in [4.69, 9.17) is 5.26 Å². The van der Waals surface area contributed by atoms with E-state index in [1.54, 1.807) is 6.07 Å². The molecule has 70 valence electrons. The molecule has 1 aromatic carbocycles. The largest absolute Gasteiger partial charge is 0.205 e. The second-order valence-corrected chi connectivity index (χ2v) is 4.78. The highest BCUT2D eigenvalue weighted by Crippen LogP contribution is 2.34. The van der Waals surface area contributed by atoms with E-state index in [1.165, 1.54) is 11.3 Å². The number of benzene rings is 1. The van der Waals surface area contributed by atoms with Crippen LogP contribution in [0, 0.1) is 17.1 Å². The first-order chi connectivity index (χ1) is 6.74. The average Bonchev–Trinajstić information content (AvgIpc) is 2.46. The zero-order chi connectivity index (χ0) is 10.1. The van der Waals surface area contributed by atoms with Crippen molar-refractivity contribution in [1.29, 1.82) is 5.26 Å². The van der Waals surface area contributed by atoms with Crippen molar-refractivity contribution in [2.24, 2.45) is 0 Å². The van der Waals surface area contributed by atoms with Gasteiger partial charge in [0, 0.05) is 14.6 Å². The van der Waals surface area contributed by atoms with Gasteiger partial charge in [-0.3, -0.25) is 0 Å². The van der Waals surface area contributed by atoms with E-state index in [9.17, 15) is 4.39 Å². The first-order valence-corrected chi connectivity index (χ1v) is 5.57. The van der Waals surface area contributed by atoms with Crippen LogP contribution in [0.4, 0.5) is 4.39 Å². The summed E-state index contributed by atoms with van der Waals surface area (Å²) in [4.78, 5) is 0.509. The van der Waals surface area contributed by atoms with Crippen molar-refractivity contribution in [3.05, 3.63) is 33.4 Å². The van der Waals surface area contributed by atoms with Crippen molar-refractivity contribution in [2.75, 3.05) is 0 Å². The van der Waals surface area contributed by atoms with Crippen molar-refractivity contribution in [1.82, 2.24) is 0 Å². The standard InChI is InChI=1S/C10H5BrFNS/c11-6-2-1-3-7-9(6)10(12)8(14-7)4-5-13/h1-3H,4H2. The van der Waals surface area contributed by atoms with Gasteiger partial charge in [-0.05, 0) is 12.1 Å². The van der Waals surface area contributed by atoms with Gasteiger partial charge >= 0.3 is 0 Å². The maximum atomic E-state index is 13.7. The van der Waals surface area contributed by atoms with Crippen molar-refractivity contribution < 1.29 is 4.39 Å². The molecule has 2 aromatic rings. The van der Waals surface area contributed by atoms with Gasteiger partial charge in [-0.15, -0.1) is 11.3 Å². The SMILES string of the molecule is N#CCc1sc2cccc(Br)c2c1F. The van der Waals surface area contributed by atoms with Crippen molar-refractivity contribution in [2.45, 2.75) is 6.42 Å². The Kier molecular flexibility index (Phi) is 2.53. The summed E-state index contributed by atoms with van der Waals surface area (Å²) in [6.45, 7) is 0. The van der Waals surface area contributed by atoms with Crippen LogP contribution in [0.3, 0.4) is 0 Å².